The number of piperidine rings is 1. The predicted octanol–water partition coefficient (Wildman–Crippen LogP) is 3.01. The molecule has 0 radical (unpaired) electrons. The van der Waals surface area contributed by atoms with Gasteiger partial charge in [-0.2, -0.15) is 0 Å². The Kier molecular flexibility index (Phi) is 7.37. The van der Waals surface area contributed by atoms with Gasteiger partial charge in [-0.15, -0.1) is 10.2 Å². The van der Waals surface area contributed by atoms with Crippen LogP contribution in [0.2, 0.25) is 0 Å². The van der Waals surface area contributed by atoms with Crippen molar-refractivity contribution in [3.05, 3.63) is 79.1 Å². The van der Waals surface area contributed by atoms with Crippen LogP contribution in [0.1, 0.15) is 19.8 Å². The lowest BCUT2D eigenvalue weighted by molar-refractivity contribution is -0.120. The lowest BCUT2D eigenvalue weighted by Gasteiger charge is -2.32. The molecular weight excluding hydrogens is 518 g/mol. The van der Waals surface area contributed by atoms with Crippen LogP contribution in [0.15, 0.2) is 84.0 Å². The Morgan fingerprint density at radius 3 is 2.36 bits per heavy atom. The number of imidazole rings is 1. The topological polar surface area (TPSA) is 139 Å². The van der Waals surface area contributed by atoms with Gasteiger partial charge in [0, 0.05) is 43.7 Å². The van der Waals surface area contributed by atoms with Gasteiger partial charge in [0.15, 0.2) is 11.6 Å². The molecule has 1 aliphatic heterocycles. The minimum atomic E-state index is -3.93. The van der Waals surface area contributed by atoms with Gasteiger partial charge in [0.1, 0.15) is 5.82 Å². The monoisotopic (exact) mass is 545 g/mol. The number of sulfonamides is 1. The van der Waals surface area contributed by atoms with Gasteiger partial charge in [-0.1, -0.05) is 30.3 Å². The lowest BCUT2D eigenvalue weighted by Crippen LogP contribution is -2.41. The highest BCUT2D eigenvalue weighted by Gasteiger charge is 2.27. The molecule has 2 N–H and O–H groups in total. The van der Waals surface area contributed by atoms with E-state index in [2.05, 4.69) is 20.5 Å². The number of nitrogens with one attached hydrogen (secondary N) is 2. The Labute approximate surface area is 226 Å². The van der Waals surface area contributed by atoms with Crippen molar-refractivity contribution in [2.75, 3.05) is 23.3 Å². The molecule has 4 aromatic rings. The van der Waals surface area contributed by atoms with Crippen molar-refractivity contribution in [3.63, 3.8) is 0 Å². The van der Waals surface area contributed by atoms with Gasteiger partial charge in [-0.05, 0) is 49.2 Å². The number of aromatic nitrogens is 4. The van der Waals surface area contributed by atoms with Crippen molar-refractivity contribution < 1.29 is 18.0 Å². The minimum absolute atomic E-state index is 0.0619. The maximum atomic E-state index is 13.0. The number of rotatable bonds is 7. The van der Waals surface area contributed by atoms with E-state index >= 15 is 0 Å². The van der Waals surface area contributed by atoms with Crippen LogP contribution in [-0.4, -0.2) is 53.1 Å². The van der Waals surface area contributed by atoms with Crippen LogP contribution in [-0.2, 0) is 19.6 Å². The van der Waals surface area contributed by atoms with Crippen LogP contribution in [0.4, 0.5) is 11.5 Å². The van der Waals surface area contributed by atoms with Crippen molar-refractivity contribution in [1.29, 1.82) is 0 Å². The summed E-state index contributed by atoms with van der Waals surface area (Å²) in [4.78, 5) is 30.6. The van der Waals surface area contributed by atoms with Crippen molar-refractivity contribution in [3.8, 4) is 17.2 Å². The molecule has 0 spiro atoms. The largest absolute Gasteiger partial charge is 0.354 e. The molecule has 2 aromatic heterocycles. The maximum absolute atomic E-state index is 13.0. The molecule has 1 saturated heterocycles. The molecule has 0 saturated carbocycles. The van der Waals surface area contributed by atoms with Crippen molar-refractivity contribution >= 4 is 33.3 Å². The molecule has 2 amide bonds. The van der Waals surface area contributed by atoms with E-state index in [9.17, 15) is 18.0 Å². The second kappa shape index (κ2) is 11.0. The molecule has 2 aromatic carbocycles. The van der Waals surface area contributed by atoms with E-state index in [0.29, 0.717) is 23.9 Å². The van der Waals surface area contributed by atoms with Gasteiger partial charge >= 0.3 is 0 Å². The molecule has 5 rings (SSSR count). The zero-order valence-corrected chi connectivity index (χ0v) is 22.0. The first-order valence-corrected chi connectivity index (χ1v) is 13.9. The molecule has 1 atom stereocenters. The summed E-state index contributed by atoms with van der Waals surface area (Å²) >= 11 is 0. The highest BCUT2D eigenvalue weighted by molar-refractivity contribution is 7.90. The third-order valence-electron chi connectivity index (χ3n) is 6.38. The lowest BCUT2D eigenvalue weighted by atomic mass is 9.97. The number of carbonyl (C=O) groups is 2. The molecule has 1 unspecified atom stereocenters. The fourth-order valence-corrected chi connectivity index (χ4v) is 5.50. The van der Waals surface area contributed by atoms with Crippen molar-refractivity contribution in [2.45, 2.75) is 24.7 Å². The molecule has 1 fully saturated rings. The quantitative estimate of drug-likeness (QED) is 0.361. The van der Waals surface area contributed by atoms with Crippen LogP contribution < -0.4 is 14.9 Å². The van der Waals surface area contributed by atoms with Gasteiger partial charge in [-0.3, -0.25) is 14.2 Å². The summed E-state index contributed by atoms with van der Waals surface area (Å²) < 4.78 is 28.0. The van der Waals surface area contributed by atoms with E-state index in [1.165, 1.54) is 24.3 Å². The fraction of sp³-hybridized carbons (Fsp3) is 0.222. The first-order valence-electron chi connectivity index (χ1n) is 12.4. The average Bonchev–Trinajstić information content (AvgIpc) is 3.43. The highest BCUT2D eigenvalue weighted by atomic mass is 32.2. The van der Waals surface area contributed by atoms with Crippen LogP contribution in [0, 0.1) is 5.92 Å². The molecule has 12 heteroatoms. The average molecular weight is 546 g/mol. The van der Waals surface area contributed by atoms with Crippen molar-refractivity contribution in [2.24, 2.45) is 5.92 Å². The summed E-state index contributed by atoms with van der Waals surface area (Å²) in [5, 5.41) is 11.7. The summed E-state index contributed by atoms with van der Waals surface area (Å²) in [6, 6.07) is 19.3. The molecule has 0 aliphatic carbocycles. The first-order chi connectivity index (χ1) is 18.8. The molecule has 39 heavy (non-hydrogen) atoms. The normalized spacial score (nSPS) is 15.5. The number of nitrogens with zero attached hydrogens (tertiary/aromatic N) is 5. The smallest absolute Gasteiger partial charge is 0.264 e. The Bertz CT molecular complexity index is 1570. The standard InChI is InChI=1S/C27H27N7O4S/c1-19(35)32-39(37,38)23-11-9-22(10-12-23)29-27(36)21-8-5-16-33(18-21)24-13-14-25(31-30-24)34-17-15-28-26(34)20-6-3-2-4-7-20/h2-4,6-7,9-15,17,21H,5,8,16,18H2,1H3,(H,29,36)(H,32,35). The Hall–Kier alpha value is -4.58. The molecule has 1 aliphatic rings. The summed E-state index contributed by atoms with van der Waals surface area (Å²) in [5.41, 5.74) is 1.44. The van der Waals surface area contributed by atoms with Gasteiger partial charge < -0.3 is 10.2 Å². The number of hydrogen-bond donors (Lipinski definition) is 2. The zero-order valence-electron chi connectivity index (χ0n) is 21.2. The number of amides is 2. The predicted molar refractivity (Wildman–Crippen MR) is 146 cm³/mol. The molecule has 200 valence electrons. The van der Waals surface area contributed by atoms with Gasteiger partial charge in [0.25, 0.3) is 10.0 Å². The van der Waals surface area contributed by atoms with E-state index in [1.807, 2.05) is 62.9 Å². The molecule has 11 nitrogen and oxygen atoms in total. The van der Waals surface area contributed by atoms with Crippen molar-refractivity contribution in [1.82, 2.24) is 24.5 Å². The van der Waals surface area contributed by atoms with Crippen LogP contribution in [0.5, 0.6) is 0 Å². The Morgan fingerprint density at radius 1 is 0.949 bits per heavy atom. The van der Waals surface area contributed by atoms with Crippen LogP contribution >= 0.6 is 0 Å². The zero-order chi connectivity index (χ0) is 27.4. The van der Waals surface area contributed by atoms with Crippen LogP contribution in [0.3, 0.4) is 0 Å². The second-order valence-corrected chi connectivity index (χ2v) is 10.9. The number of benzene rings is 2. The van der Waals surface area contributed by atoms with E-state index in [-0.39, 0.29) is 16.7 Å². The summed E-state index contributed by atoms with van der Waals surface area (Å²) in [6.07, 6.45) is 5.10. The molecule has 0 bridgehead atoms. The minimum Gasteiger partial charge on any atom is -0.354 e. The van der Waals surface area contributed by atoms with E-state index in [4.69, 9.17) is 0 Å². The summed E-state index contributed by atoms with van der Waals surface area (Å²) in [6.45, 7) is 2.37. The van der Waals surface area contributed by atoms with Crippen LogP contribution in [0.25, 0.3) is 17.2 Å². The Balaban J connectivity index is 1.23. The number of anilines is 2. The first kappa shape index (κ1) is 26.0. The second-order valence-electron chi connectivity index (χ2n) is 9.20. The van der Waals surface area contributed by atoms with Gasteiger partial charge in [0.05, 0.1) is 10.8 Å². The maximum Gasteiger partial charge on any atom is 0.264 e. The summed E-state index contributed by atoms with van der Waals surface area (Å²) in [7, 11) is -3.93. The van der Waals surface area contributed by atoms with E-state index < -0.39 is 15.9 Å². The SMILES string of the molecule is CC(=O)NS(=O)(=O)c1ccc(NC(=O)C2CCCN(c3ccc(-n4ccnc4-c4ccccc4)nn3)C2)cc1. The summed E-state index contributed by atoms with van der Waals surface area (Å²) in [5.74, 6) is 0.991. The number of carbonyl (C=O) groups excluding carboxylic acids is 2. The molecule has 3 heterocycles. The third-order valence-corrected chi connectivity index (χ3v) is 7.83. The fourth-order valence-electron chi connectivity index (χ4n) is 4.51. The van der Waals surface area contributed by atoms with E-state index in [0.717, 1.165) is 37.7 Å². The Morgan fingerprint density at radius 2 is 1.67 bits per heavy atom. The van der Waals surface area contributed by atoms with Gasteiger partial charge in [0.2, 0.25) is 11.8 Å². The highest BCUT2D eigenvalue weighted by Crippen LogP contribution is 2.25. The van der Waals surface area contributed by atoms with E-state index in [1.54, 1.807) is 6.20 Å². The molecular formula is C27H27N7O4S. The van der Waals surface area contributed by atoms with Gasteiger partial charge in [-0.25, -0.2) is 18.1 Å². The number of hydrogen-bond acceptors (Lipinski definition) is 8. The third kappa shape index (κ3) is 5.96.